The zero-order valence-corrected chi connectivity index (χ0v) is 13.6. The fraction of sp³-hybridized carbons (Fsp3) is 0.294. The molecule has 0 heterocycles. The Hall–Kier alpha value is -1.13. The average Bonchev–Trinajstić information content (AvgIpc) is 2.49. The van der Waals surface area contributed by atoms with Crippen LogP contribution in [-0.2, 0) is 12.8 Å². The van der Waals surface area contributed by atoms with Gasteiger partial charge in [-0.15, -0.1) is 0 Å². The Morgan fingerprint density at radius 3 is 1.53 bits per heavy atom. The van der Waals surface area contributed by atoms with E-state index in [1.54, 1.807) is 0 Å². The van der Waals surface area contributed by atoms with E-state index >= 15 is 0 Å². The van der Waals surface area contributed by atoms with Crippen LogP contribution in [0.3, 0.4) is 0 Å². The van der Waals surface area contributed by atoms with Crippen molar-refractivity contribution < 1.29 is 0 Å². The summed E-state index contributed by atoms with van der Waals surface area (Å²) in [6, 6.07) is 24.7. The Labute approximate surface area is 121 Å². The first-order valence-electron chi connectivity index (χ1n) is 6.99. The van der Waals surface area contributed by atoms with Crippen LogP contribution in [0.1, 0.15) is 11.1 Å². The van der Waals surface area contributed by atoms with Crippen LogP contribution in [0.25, 0.3) is 0 Å². The number of hydrogen-bond donors (Lipinski definition) is 0. The van der Waals surface area contributed by atoms with Gasteiger partial charge in [-0.2, -0.15) is 0 Å². The molecule has 0 amide bonds. The molecule has 2 heteroatoms. The summed E-state index contributed by atoms with van der Waals surface area (Å²) in [5.41, 5.74) is 3.01. The molecule has 2 rings (SSSR count). The summed E-state index contributed by atoms with van der Waals surface area (Å²) in [5, 5.41) is 0. The molecule has 0 nitrogen and oxygen atoms in total. The van der Waals surface area contributed by atoms with Crippen LogP contribution < -0.4 is 0 Å². The SMILES string of the molecule is C[Si][Si](CCc1ccccc1)CCc1ccccc1. The molecule has 3 radical (unpaired) electrons. The van der Waals surface area contributed by atoms with E-state index in [0.717, 1.165) is 9.04 Å². The van der Waals surface area contributed by atoms with Gasteiger partial charge in [0.2, 0.25) is 0 Å². The highest BCUT2D eigenvalue weighted by Gasteiger charge is 2.09. The van der Waals surface area contributed by atoms with Gasteiger partial charge in [0.15, 0.2) is 0 Å². The van der Waals surface area contributed by atoms with E-state index in [1.807, 2.05) is 0 Å². The maximum Gasteiger partial charge on any atom is 0.0346 e. The van der Waals surface area contributed by atoms with Crippen molar-refractivity contribution in [1.82, 2.24) is 0 Å². The van der Waals surface area contributed by atoms with Crippen molar-refractivity contribution in [2.24, 2.45) is 0 Å². The zero-order chi connectivity index (χ0) is 13.3. The molecular weight excluding hydrogens is 260 g/mol. The standard InChI is InChI=1S/C17H21Si2/c1-18-19(14-12-16-8-4-2-5-9-16)15-13-17-10-6-3-7-11-17/h2-11H,12-15H2,1H3. The Morgan fingerprint density at radius 2 is 1.16 bits per heavy atom. The lowest BCUT2D eigenvalue weighted by Crippen LogP contribution is -2.21. The molecule has 0 aromatic heterocycles. The summed E-state index contributed by atoms with van der Waals surface area (Å²) >= 11 is 0. The maximum absolute atomic E-state index is 2.39. The molecule has 0 fully saturated rings. The number of hydrogen-bond acceptors (Lipinski definition) is 0. The van der Waals surface area contributed by atoms with Crippen LogP contribution >= 0.6 is 0 Å². The molecule has 0 aliphatic carbocycles. The molecule has 0 aliphatic rings. The minimum absolute atomic E-state index is 0.151. The van der Waals surface area contributed by atoms with E-state index < -0.39 is 0 Å². The van der Waals surface area contributed by atoms with Crippen molar-refractivity contribution in [2.75, 3.05) is 0 Å². The van der Waals surface area contributed by atoms with E-state index in [-0.39, 0.29) is 8.31 Å². The van der Waals surface area contributed by atoms with Gasteiger partial charge in [0.25, 0.3) is 0 Å². The van der Waals surface area contributed by atoms with Gasteiger partial charge in [-0.25, -0.2) is 0 Å². The fourth-order valence-corrected chi connectivity index (χ4v) is 6.44. The maximum atomic E-state index is 2.39. The molecule has 0 bridgehead atoms. The Morgan fingerprint density at radius 1 is 0.737 bits per heavy atom. The highest BCUT2D eigenvalue weighted by atomic mass is 29.2. The molecule has 0 atom stereocenters. The molecule has 2 aromatic carbocycles. The summed E-state index contributed by atoms with van der Waals surface area (Å²) in [5.74, 6) is 0. The van der Waals surface area contributed by atoms with Crippen molar-refractivity contribution in [1.29, 1.82) is 0 Å². The van der Waals surface area contributed by atoms with Crippen LogP contribution in [0.4, 0.5) is 0 Å². The van der Waals surface area contributed by atoms with E-state index in [9.17, 15) is 0 Å². The minimum Gasteiger partial charge on any atom is -0.0756 e. The molecule has 97 valence electrons. The molecule has 0 N–H and O–H groups in total. The molecule has 0 aliphatic heterocycles. The van der Waals surface area contributed by atoms with Crippen molar-refractivity contribution in [3.63, 3.8) is 0 Å². The lowest BCUT2D eigenvalue weighted by molar-refractivity contribution is 1.07. The van der Waals surface area contributed by atoms with Crippen LogP contribution in [-0.4, -0.2) is 17.4 Å². The van der Waals surface area contributed by atoms with Crippen molar-refractivity contribution in [3.05, 3.63) is 71.8 Å². The highest BCUT2D eigenvalue weighted by molar-refractivity contribution is 7.11. The van der Waals surface area contributed by atoms with Gasteiger partial charge >= 0.3 is 0 Å². The van der Waals surface area contributed by atoms with Crippen molar-refractivity contribution >= 4 is 17.4 Å². The quantitative estimate of drug-likeness (QED) is 0.667. The lowest BCUT2D eigenvalue weighted by Gasteiger charge is -2.12. The summed E-state index contributed by atoms with van der Waals surface area (Å²) in [6.45, 7) is 2.39. The summed E-state index contributed by atoms with van der Waals surface area (Å²) in [7, 11) is 1.00. The zero-order valence-electron chi connectivity index (χ0n) is 11.6. The summed E-state index contributed by atoms with van der Waals surface area (Å²) < 4.78 is 0. The van der Waals surface area contributed by atoms with E-state index in [0.29, 0.717) is 0 Å². The van der Waals surface area contributed by atoms with E-state index in [4.69, 9.17) is 0 Å². The summed E-state index contributed by atoms with van der Waals surface area (Å²) in [4.78, 5) is 0. The second kappa shape index (κ2) is 8.13. The fourth-order valence-electron chi connectivity index (χ4n) is 2.25. The van der Waals surface area contributed by atoms with Gasteiger partial charge in [-0.1, -0.05) is 79.3 Å². The topological polar surface area (TPSA) is 0 Å². The Balaban J connectivity index is 1.77. The van der Waals surface area contributed by atoms with Crippen LogP contribution in [0.5, 0.6) is 0 Å². The van der Waals surface area contributed by atoms with Crippen LogP contribution in [0.15, 0.2) is 60.7 Å². The van der Waals surface area contributed by atoms with Crippen LogP contribution in [0.2, 0.25) is 18.6 Å². The molecule has 0 spiro atoms. The molecular formula is C17H21Si2. The number of aryl methyl sites for hydroxylation is 2. The van der Waals surface area contributed by atoms with Gasteiger partial charge in [-0.05, 0) is 24.0 Å². The third-order valence-electron chi connectivity index (χ3n) is 3.47. The van der Waals surface area contributed by atoms with E-state index in [1.165, 1.54) is 36.1 Å². The largest absolute Gasteiger partial charge is 0.0756 e. The molecule has 0 saturated heterocycles. The highest BCUT2D eigenvalue weighted by Crippen LogP contribution is 2.11. The predicted octanol–water partition coefficient (Wildman–Crippen LogP) is 4.22. The molecule has 2 aromatic rings. The normalized spacial score (nSPS) is 10.8. The molecule has 0 unspecified atom stereocenters. The number of rotatable bonds is 7. The minimum atomic E-state index is -0.151. The van der Waals surface area contributed by atoms with Gasteiger partial charge in [0.05, 0.1) is 0 Å². The summed E-state index contributed by atoms with van der Waals surface area (Å²) in [6.07, 6.45) is 2.54. The first kappa shape index (κ1) is 14.3. The van der Waals surface area contributed by atoms with Gasteiger partial charge < -0.3 is 0 Å². The molecule has 19 heavy (non-hydrogen) atoms. The van der Waals surface area contributed by atoms with Gasteiger partial charge in [-0.3, -0.25) is 0 Å². The first-order chi connectivity index (χ1) is 9.38. The van der Waals surface area contributed by atoms with Crippen LogP contribution in [0, 0.1) is 0 Å². The third-order valence-corrected chi connectivity index (χ3v) is 9.51. The van der Waals surface area contributed by atoms with Crippen molar-refractivity contribution in [3.8, 4) is 0 Å². The molecule has 0 saturated carbocycles. The Bertz CT molecular complexity index is 410. The Kier molecular flexibility index (Phi) is 6.11. The average molecular weight is 282 g/mol. The number of benzene rings is 2. The second-order valence-corrected chi connectivity index (χ2v) is 11.2. The van der Waals surface area contributed by atoms with E-state index in [2.05, 4.69) is 67.2 Å². The monoisotopic (exact) mass is 281 g/mol. The van der Waals surface area contributed by atoms with Gasteiger partial charge in [0.1, 0.15) is 0 Å². The third kappa shape index (κ3) is 5.17. The second-order valence-electron chi connectivity index (χ2n) is 4.82. The lowest BCUT2D eigenvalue weighted by atomic mass is 10.2. The smallest absolute Gasteiger partial charge is 0.0346 e. The van der Waals surface area contributed by atoms with Crippen molar-refractivity contribution in [2.45, 2.75) is 31.5 Å². The predicted molar refractivity (Wildman–Crippen MR) is 87.3 cm³/mol. The first-order valence-corrected chi connectivity index (χ1v) is 11.4. The van der Waals surface area contributed by atoms with Gasteiger partial charge in [0, 0.05) is 17.4 Å².